The minimum absolute atomic E-state index is 0.479. The largest absolute Gasteiger partial charge is 0.327 e. The first-order valence-corrected chi connectivity index (χ1v) is 7.38. The molecule has 2 N–H and O–H groups in total. The highest BCUT2D eigenvalue weighted by atomic mass is 79.9. The number of hydrogen-bond donors (Lipinski definition) is 1. The number of imidazole rings is 1. The van der Waals surface area contributed by atoms with Gasteiger partial charge < -0.3 is 10.3 Å². The van der Waals surface area contributed by atoms with E-state index in [1.165, 1.54) is 0 Å². The number of rotatable bonds is 2. The van der Waals surface area contributed by atoms with Crippen LogP contribution in [0, 0.1) is 0 Å². The Morgan fingerprint density at radius 3 is 2.80 bits per heavy atom. The molecule has 0 saturated heterocycles. The molecule has 0 fully saturated rings. The Labute approximate surface area is 130 Å². The van der Waals surface area contributed by atoms with Crippen molar-refractivity contribution in [3.05, 3.63) is 51.5 Å². The zero-order valence-corrected chi connectivity index (χ0v) is 13.2. The predicted octanol–water partition coefficient (Wildman–Crippen LogP) is 4.11. The second-order valence-electron chi connectivity index (χ2n) is 4.64. The lowest BCUT2D eigenvalue weighted by atomic mass is 10.2. The van der Waals surface area contributed by atoms with E-state index in [0.29, 0.717) is 11.6 Å². The fraction of sp³-hybridized carbons (Fsp3) is 0.133. The Kier molecular flexibility index (Phi) is 3.54. The van der Waals surface area contributed by atoms with Gasteiger partial charge in [-0.1, -0.05) is 39.7 Å². The van der Waals surface area contributed by atoms with Crippen molar-refractivity contribution < 1.29 is 0 Å². The van der Waals surface area contributed by atoms with Gasteiger partial charge in [-0.15, -0.1) is 0 Å². The van der Waals surface area contributed by atoms with Crippen LogP contribution in [-0.2, 0) is 13.6 Å². The molecule has 3 rings (SSSR count). The Hall–Kier alpha value is -1.36. The Balaban J connectivity index is 2.29. The van der Waals surface area contributed by atoms with Crippen LogP contribution in [0.15, 0.2) is 40.9 Å². The summed E-state index contributed by atoms with van der Waals surface area (Å²) in [4.78, 5) is 4.74. The smallest absolute Gasteiger partial charge is 0.140 e. The van der Waals surface area contributed by atoms with Gasteiger partial charge in [-0.05, 0) is 29.8 Å². The lowest BCUT2D eigenvalue weighted by Gasteiger charge is -2.04. The summed E-state index contributed by atoms with van der Waals surface area (Å²) in [5.74, 6) is 0.879. The fourth-order valence-corrected chi connectivity index (χ4v) is 3.24. The van der Waals surface area contributed by atoms with Gasteiger partial charge in [-0.2, -0.15) is 0 Å². The van der Waals surface area contributed by atoms with E-state index in [-0.39, 0.29) is 0 Å². The maximum Gasteiger partial charge on any atom is 0.140 e. The minimum atomic E-state index is 0.479. The molecule has 3 nitrogen and oxygen atoms in total. The summed E-state index contributed by atoms with van der Waals surface area (Å²) >= 11 is 9.59. The van der Waals surface area contributed by atoms with E-state index in [9.17, 15) is 0 Å². The second-order valence-corrected chi connectivity index (χ2v) is 5.99. The molecule has 102 valence electrons. The monoisotopic (exact) mass is 349 g/mol. The van der Waals surface area contributed by atoms with Crippen LogP contribution >= 0.6 is 27.5 Å². The molecule has 1 heterocycles. The van der Waals surface area contributed by atoms with Crippen molar-refractivity contribution in [3.8, 4) is 11.4 Å². The Bertz CT molecular complexity index is 775. The topological polar surface area (TPSA) is 43.8 Å². The number of nitrogens with two attached hydrogens (primary N) is 1. The van der Waals surface area contributed by atoms with Gasteiger partial charge in [-0.3, -0.25) is 0 Å². The van der Waals surface area contributed by atoms with Crippen LogP contribution in [0.1, 0.15) is 5.56 Å². The van der Waals surface area contributed by atoms with Crippen LogP contribution in [0.5, 0.6) is 0 Å². The van der Waals surface area contributed by atoms with Crippen molar-refractivity contribution >= 4 is 38.6 Å². The maximum atomic E-state index is 6.12. The normalized spacial score (nSPS) is 11.2. The third kappa shape index (κ3) is 2.24. The summed E-state index contributed by atoms with van der Waals surface area (Å²) in [6.45, 7) is 0.479. The van der Waals surface area contributed by atoms with Crippen LogP contribution in [0.25, 0.3) is 22.4 Å². The first kappa shape index (κ1) is 13.6. The molecule has 0 aliphatic carbocycles. The predicted molar refractivity (Wildman–Crippen MR) is 86.8 cm³/mol. The molecule has 5 heteroatoms. The van der Waals surface area contributed by atoms with Crippen molar-refractivity contribution in [1.82, 2.24) is 9.55 Å². The molecular formula is C15H13BrClN3. The van der Waals surface area contributed by atoms with Crippen molar-refractivity contribution in [2.24, 2.45) is 12.8 Å². The molecule has 0 amide bonds. The SMILES string of the molecule is Cn1c(-c2cc(Cl)cc(Br)c2)nc2c(CN)cccc21. The zero-order valence-electron chi connectivity index (χ0n) is 10.9. The van der Waals surface area contributed by atoms with E-state index in [2.05, 4.69) is 20.5 Å². The van der Waals surface area contributed by atoms with E-state index >= 15 is 0 Å². The number of para-hydroxylation sites is 1. The lowest BCUT2D eigenvalue weighted by Crippen LogP contribution is -1.97. The molecule has 0 bridgehead atoms. The first-order chi connectivity index (χ1) is 9.60. The van der Waals surface area contributed by atoms with Gasteiger partial charge in [0.05, 0.1) is 11.0 Å². The highest BCUT2D eigenvalue weighted by molar-refractivity contribution is 9.10. The molecule has 20 heavy (non-hydrogen) atoms. The molecule has 0 saturated carbocycles. The number of aromatic nitrogens is 2. The Morgan fingerprint density at radius 2 is 2.10 bits per heavy atom. The summed E-state index contributed by atoms with van der Waals surface area (Å²) in [6, 6.07) is 11.8. The summed E-state index contributed by atoms with van der Waals surface area (Å²) in [6.07, 6.45) is 0. The molecule has 0 unspecified atom stereocenters. The van der Waals surface area contributed by atoms with Crippen molar-refractivity contribution in [1.29, 1.82) is 0 Å². The quantitative estimate of drug-likeness (QED) is 0.755. The number of halogens is 2. The highest BCUT2D eigenvalue weighted by Crippen LogP contribution is 2.29. The first-order valence-electron chi connectivity index (χ1n) is 6.21. The lowest BCUT2D eigenvalue weighted by molar-refractivity contribution is 0.959. The van der Waals surface area contributed by atoms with Crippen molar-refractivity contribution in [2.75, 3.05) is 0 Å². The number of hydrogen-bond acceptors (Lipinski definition) is 2. The van der Waals surface area contributed by atoms with Gasteiger partial charge in [-0.25, -0.2) is 4.98 Å². The molecule has 1 aromatic heterocycles. The standard InChI is InChI=1S/C15H13BrClN3/c1-20-13-4-2-3-9(8-18)14(13)19-15(20)10-5-11(16)7-12(17)6-10/h2-7H,8,18H2,1H3. The van der Waals surface area contributed by atoms with Gasteiger partial charge in [0.2, 0.25) is 0 Å². The zero-order chi connectivity index (χ0) is 14.3. The van der Waals surface area contributed by atoms with Crippen LogP contribution in [0.4, 0.5) is 0 Å². The van der Waals surface area contributed by atoms with Gasteiger partial charge >= 0.3 is 0 Å². The van der Waals surface area contributed by atoms with E-state index in [1.807, 2.05) is 43.4 Å². The van der Waals surface area contributed by atoms with Crippen LogP contribution in [0.3, 0.4) is 0 Å². The third-order valence-electron chi connectivity index (χ3n) is 3.34. The molecule has 0 atom stereocenters. The molecule has 0 spiro atoms. The minimum Gasteiger partial charge on any atom is -0.327 e. The van der Waals surface area contributed by atoms with E-state index in [4.69, 9.17) is 22.3 Å². The van der Waals surface area contributed by atoms with Gasteiger partial charge in [0.25, 0.3) is 0 Å². The Morgan fingerprint density at radius 1 is 1.30 bits per heavy atom. The fourth-order valence-electron chi connectivity index (χ4n) is 2.38. The van der Waals surface area contributed by atoms with E-state index in [1.54, 1.807) is 0 Å². The molecule has 0 aliphatic heterocycles. The molecule has 0 aliphatic rings. The van der Waals surface area contributed by atoms with E-state index < -0.39 is 0 Å². The maximum absolute atomic E-state index is 6.12. The van der Waals surface area contributed by atoms with Crippen LogP contribution in [0.2, 0.25) is 5.02 Å². The molecular weight excluding hydrogens is 338 g/mol. The number of aryl methyl sites for hydroxylation is 1. The molecule has 0 radical (unpaired) electrons. The summed E-state index contributed by atoms with van der Waals surface area (Å²) < 4.78 is 3.00. The average molecular weight is 351 g/mol. The van der Waals surface area contributed by atoms with Gasteiger partial charge in [0.15, 0.2) is 0 Å². The second kappa shape index (κ2) is 5.20. The summed E-state index contributed by atoms with van der Waals surface area (Å²) in [7, 11) is 2.00. The van der Waals surface area contributed by atoms with Crippen LogP contribution < -0.4 is 5.73 Å². The number of benzene rings is 2. The molecule has 2 aromatic carbocycles. The highest BCUT2D eigenvalue weighted by Gasteiger charge is 2.13. The van der Waals surface area contributed by atoms with Crippen molar-refractivity contribution in [2.45, 2.75) is 6.54 Å². The molecule has 3 aromatic rings. The van der Waals surface area contributed by atoms with E-state index in [0.717, 1.165) is 32.5 Å². The van der Waals surface area contributed by atoms with Gasteiger partial charge in [0, 0.05) is 28.7 Å². The third-order valence-corrected chi connectivity index (χ3v) is 4.01. The van der Waals surface area contributed by atoms with Gasteiger partial charge in [0.1, 0.15) is 5.82 Å². The van der Waals surface area contributed by atoms with Crippen molar-refractivity contribution in [3.63, 3.8) is 0 Å². The summed E-state index contributed by atoms with van der Waals surface area (Å²) in [5.41, 5.74) is 9.83. The average Bonchev–Trinajstić information content (AvgIpc) is 2.75. The number of fused-ring (bicyclic) bond motifs is 1. The van der Waals surface area contributed by atoms with Crippen LogP contribution in [-0.4, -0.2) is 9.55 Å². The number of nitrogens with zero attached hydrogens (tertiary/aromatic N) is 2. The summed E-state index contributed by atoms with van der Waals surface area (Å²) in [5, 5.41) is 0.681.